The third kappa shape index (κ3) is 4.43. The number of amides is 1. The molecular formula is C23H23NO4. The quantitative estimate of drug-likeness (QED) is 0.606. The van der Waals surface area contributed by atoms with Crippen molar-refractivity contribution >= 4 is 17.6 Å². The van der Waals surface area contributed by atoms with E-state index in [2.05, 4.69) is 5.32 Å². The smallest absolute Gasteiger partial charge is 0.252 e. The minimum atomic E-state index is -0.290. The number of hydrogen-bond donors (Lipinski definition) is 1. The maximum atomic E-state index is 13.1. The number of benzene rings is 2. The Hall–Kier alpha value is -3.47. The molecule has 5 heteroatoms. The zero-order valence-corrected chi connectivity index (χ0v) is 16.1. The molecule has 1 heterocycles. The lowest BCUT2D eigenvalue weighted by Gasteiger charge is -2.19. The number of furan rings is 1. The molecule has 0 saturated heterocycles. The first-order chi connectivity index (χ1) is 13.6. The van der Waals surface area contributed by atoms with Gasteiger partial charge in [0.25, 0.3) is 5.91 Å². The molecule has 0 radical (unpaired) electrons. The summed E-state index contributed by atoms with van der Waals surface area (Å²) >= 11 is 0. The largest absolute Gasteiger partial charge is 0.497 e. The molecule has 0 fully saturated rings. The number of carbonyl (C=O) groups is 1. The highest BCUT2D eigenvalue weighted by Crippen LogP contribution is 2.30. The van der Waals surface area contributed by atoms with E-state index in [-0.39, 0.29) is 11.9 Å². The monoisotopic (exact) mass is 377 g/mol. The first-order valence-electron chi connectivity index (χ1n) is 8.95. The van der Waals surface area contributed by atoms with Crippen LogP contribution in [0.2, 0.25) is 0 Å². The molecule has 28 heavy (non-hydrogen) atoms. The molecule has 0 aliphatic carbocycles. The molecule has 144 valence electrons. The minimum absolute atomic E-state index is 0.208. The molecule has 0 bridgehead atoms. The summed E-state index contributed by atoms with van der Waals surface area (Å²) in [5, 5.41) is 3.05. The summed E-state index contributed by atoms with van der Waals surface area (Å²) in [6, 6.07) is 18.3. The Labute approximate surface area is 164 Å². The first-order valence-corrected chi connectivity index (χ1v) is 8.95. The van der Waals surface area contributed by atoms with Crippen molar-refractivity contribution in [3.05, 3.63) is 83.8 Å². The molecule has 0 unspecified atom stereocenters. The van der Waals surface area contributed by atoms with E-state index >= 15 is 0 Å². The zero-order chi connectivity index (χ0) is 19.9. The van der Waals surface area contributed by atoms with Crippen LogP contribution < -0.4 is 14.8 Å². The molecule has 1 amide bonds. The predicted octanol–water partition coefficient (Wildman–Crippen LogP) is 4.71. The van der Waals surface area contributed by atoms with Gasteiger partial charge in [0.2, 0.25) is 0 Å². The summed E-state index contributed by atoms with van der Waals surface area (Å²) in [6.45, 7) is 1.91. The van der Waals surface area contributed by atoms with E-state index in [0.29, 0.717) is 22.8 Å². The Morgan fingerprint density at radius 3 is 2.46 bits per heavy atom. The summed E-state index contributed by atoms with van der Waals surface area (Å²) in [6.07, 6.45) is 3.32. The number of ether oxygens (including phenoxy) is 2. The first kappa shape index (κ1) is 19.3. The van der Waals surface area contributed by atoms with Crippen LogP contribution in [0.4, 0.5) is 0 Å². The fourth-order valence-electron chi connectivity index (χ4n) is 2.94. The van der Waals surface area contributed by atoms with Crippen LogP contribution in [0.25, 0.3) is 11.6 Å². The van der Waals surface area contributed by atoms with Gasteiger partial charge in [-0.25, -0.2) is 0 Å². The summed E-state index contributed by atoms with van der Waals surface area (Å²) in [4.78, 5) is 13.1. The number of carbonyl (C=O) groups excluding carboxylic acids is 1. The SMILES string of the molecule is COc1ccc(OC)c([C@@H](C)NC(=O)/C(=C/c2ccco2)c2ccccc2)c1. The van der Waals surface area contributed by atoms with Crippen LogP contribution in [0.3, 0.4) is 0 Å². The van der Waals surface area contributed by atoms with Crippen molar-refractivity contribution in [2.45, 2.75) is 13.0 Å². The van der Waals surface area contributed by atoms with Gasteiger partial charge in [0.05, 0.1) is 32.1 Å². The van der Waals surface area contributed by atoms with Gasteiger partial charge in [-0.05, 0) is 48.9 Å². The van der Waals surface area contributed by atoms with Crippen molar-refractivity contribution in [2.75, 3.05) is 14.2 Å². The van der Waals surface area contributed by atoms with Gasteiger partial charge in [0.15, 0.2) is 0 Å². The highest BCUT2D eigenvalue weighted by molar-refractivity contribution is 6.24. The molecule has 1 N–H and O–H groups in total. The standard InChI is InChI=1S/C23H23NO4/c1-16(20-14-18(26-2)11-12-22(20)27-3)24-23(25)21(15-19-10-7-13-28-19)17-8-5-4-6-9-17/h4-16H,1-3H3,(H,24,25)/b21-15+/t16-/m1/s1. The van der Waals surface area contributed by atoms with Crippen LogP contribution in [-0.2, 0) is 4.79 Å². The maximum Gasteiger partial charge on any atom is 0.252 e. The lowest BCUT2D eigenvalue weighted by atomic mass is 10.0. The predicted molar refractivity (Wildman–Crippen MR) is 109 cm³/mol. The van der Waals surface area contributed by atoms with Gasteiger partial charge in [0.1, 0.15) is 17.3 Å². The number of rotatable bonds is 7. The summed E-state index contributed by atoms with van der Waals surface area (Å²) in [5.74, 6) is 1.79. The van der Waals surface area contributed by atoms with Gasteiger partial charge in [-0.15, -0.1) is 0 Å². The third-order valence-corrected chi connectivity index (χ3v) is 4.41. The summed E-state index contributed by atoms with van der Waals surface area (Å²) in [7, 11) is 3.21. The topological polar surface area (TPSA) is 60.7 Å². The molecule has 2 aromatic carbocycles. The number of hydrogen-bond acceptors (Lipinski definition) is 4. The second-order valence-corrected chi connectivity index (χ2v) is 6.24. The van der Waals surface area contributed by atoms with Gasteiger partial charge in [0, 0.05) is 5.56 Å². The van der Waals surface area contributed by atoms with E-state index < -0.39 is 0 Å². The highest BCUT2D eigenvalue weighted by atomic mass is 16.5. The molecule has 1 atom stereocenters. The molecular weight excluding hydrogens is 354 g/mol. The molecule has 3 aromatic rings. The average molecular weight is 377 g/mol. The Balaban J connectivity index is 1.90. The van der Waals surface area contributed by atoms with Crippen LogP contribution in [0.15, 0.2) is 71.3 Å². The van der Waals surface area contributed by atoms with Crippen LogP contribution in [0.5, 0.6) is 11.5 Å². The fraction of sp³-hybridized carbons (Fsp3) is 0.174. The lowest BCUT2D eigenvalue weighted by Crippen LogP contribution is -2.27. The summed E-state index contributed by atoms with van der Waals surface area (Å²) < 4.78 is 16.1. The number of methoxy groups -OCH3 is 2. The maximum absolute atomic E-state index is 13.1. The minimum Gasteiger partial charge on any atom is -0.497 e. The summed E-state index contributed by atoms with van der Waals surface area (Å²) in [5.41, 5.74) is 2.16. The van der Waals surface area contributed by atoms with Gasteiger partial charge in [-0.3, -0.25) is 4.79 Å². The van der Waals surface area contributed by atoms with Crippen molar-refractivity contribution in [3.8, 4) is 11.5 Å². The Kier molecular flexibility index (Phi) is 6.17. The van der Waals surface area contributed by atoms with Gasteiger partial charge in [-0.1, -0.05) is 30.3 Å². The number of nitrogens with one attached hydrogen (secondary N) is 1. The van der Waals surface area contributed by atoms with Crippen LogP contribution in [-0.4, -0.2) is 20.1 Å². The third-order valence-electron chi connectivity index (χ3n) is 4.41. The second kappa shape index (κ2) is 8.95. The van der Waals surface area contributed by atoms with Crippen molar-refractivity contribution in [1.29, 1.82) is 0 Å². The molecule has 0 saturated carbocycles. The van der Waals surface area contributed by atoms with Crippen LogP contribution >= 0.6 is 0 Å². The van der Waals surface area contributed by atoms with Crippen molar-refractivity contribution < 1.29 is 18.7 Å². The van der Waals surface area contributed by atoms with Crippen LogP contribution in [0.1, 0.15) is 29.9 Å². The van der Waals surface area contributed by atoms with E-state index in [1.165, 1.54) is 0 Å². The van der Waals surface area contributed by atoms with Gasteiger partial charge < -0.3 is 19.2 Å². The molecule has 0 aliphatic heterocycles. The van der Waals surface area contributed by atoms with E-state index in [0.717, 1.165) is 11.1 Å². The van der Waals surface area contributed by atoms with Crippen molar-refractivity contribution in [3.63, 3.8) is 0 Å². The van der Waals surface area contributed by atoms with Crippen molar-refractivity contribution in [2.24, 2.45) is 0 Å². The van der Waals surface area contributed by atoms with Crippen molar-refractivity contribution in [1.82, 2.24) is 5.32 Å². The van der Waals surface area contributed by atoms with E-state index in [1.54, 1.807) is 32.6 Å². The lowest BCUT2D eigenvalue weighted by molar-refractivity contribution is -0.116. The molecule has 3 rings (SSSR count). The Morgan fingerprint density at radius 2 is 1.82 bits per heavy atom. The van der Waals surface area contributed by atoms with E-state index in [4.69, 9.17) is 13.9 Å². The zero-order valence-electron chi connectivity index (χ0n) is 16.1. The van der Waals surface area contributed by atoms with Gasteiger partial charge >= 0.3 is 0 Å². The fourth-order valence-corrected chi connectivity index (χ4v) is 2.94. The molecule has 5 nitrogen and oxygen atoms in total. The Bertz CT molecular complexity index is 946. The van der Waals surface area contributed by atoms with E-state index in [1.807, 2.05) is 61.5 Å². The molecule has 1 aromatic heterocycles. The van der Waals surface area contributed by atoms with Crippen LogP contribution in [0, 0.1) is 0 Å². The molecule has 0 aliphatic rings. The average Bonchev–Trinajstić information content (AvgIpc) is 3.25. The Morgan fingerprint density at radius 1 is 1.04 bits per heavy atom. The normalized spacial score (nSPS) is 12.3. The molecule has 0 spiro atoms. The highest BCUT2D eigenvalue weighted by Gasteiger charge is 2.19. The van der Waals surface area contributed by atoms with Gasteiger partial charge in [-0.2, -0.15) is 0 Å². The second-order valence-electron chi connectivity index (χ2n) is 6.24. The van der Waals surface area contributed by atoms with E-state index in [9.17, 15) is 4.79 Å².